The number of anilines is 1. The Kier molecular flexibility index (Phi) is 6.42. The molecule has 0 unspecified atom stereocenters. The summed E-state index contributed by atoms with van der Waals surface area (Å²) in [7, 11) is 0. The zero-order chi connectivity index (χ0) is 22.5. The Morgan fingerprint density at radius 1 is 1.22 bits per heavy atom. The van der Waals surface area contributed by atoms with Crippen molar-refractivity contribution in [2.24, 2.45) is 5.10 Å². The van der Waals surface area contributed by atoms with Crippen LogP contribution < -0.4 is 11.2 Å². The van der Waals surface area contributed by atoms with E-state index in [9.17, 15) is 4.79 Å². The Labute approximate surface area is 191 Å². The van der Waals surface area contributed by atoms with Crippen LogP contribution in [-0.2, 0) is 5.75 Å². The Morgan fingerprint density at radius 3 is 2.66 bits per heavy atom. The number of hydrogen-bond acceptors (Lipinski definition) is 10. The van der Waals surface area contributed by atoms with Crippen LogP contribution in [0.5, 0.6) is 0 Å². The monoisotopic (exact) mass is 469 g/mol. The number of benzene rings is 1. The van der Waals surface area contributed by atoms with Crippen molar-refractivity contribution < 1.29 is 9.42 Å². The average Bonchev–Trinajstić information content (AvgIpc) is 3.43. The first-order valence-corrected chi connectivity index (χ1v) is 10.6. The van der Waals surface area contributed by atoms with Crippen LogP contribution in [-0.4, -0.2) is 41.9 Å². The van der Waals surface area contributed by atoms with Crippen molar-refractivity contribution >= 4 is 40.8 Å². The van der Waals surface area contributed by atoms with Crippen molar-refractivity contribution in [2.45, 2.75) is 17.6 Å². The first-order chi connectivity index (χ1) is 15.5. The normalized spacial score (nSPS) is 11.5. The zero-order valence-electron chi connectivity index (χ0n) is 16.6. The standard InChI is InChI=1S/C19H16ClN9O2S/c1-11(12-6-8-22-9-7-12)23-25-19(30)16-15(10-32-14-4-2-13(20)3-5-14)29(28-24-16)18-17(21)26-31-27-18/h2-9H,10H2,1H3,(H2,21,26)(H,25,30). The van der Waals surface area contributed by atoms with Gasteiger partial charge in [0.1, 0.15) is 0 Å². The number of carbonyl (C=O) groups is 1. The van der Waals surface area contributed by atoms with E-state index in [0.29, 0.717) is 22.2 Å². The van der Waals surface area contributed by atoms with Gasteiger partial charge in [0, 0.05) is 33.6 Å². The minimum absolute atomic E-state index is 0.0196. The summed E-state index contributed by atoms with van der Waals surface area (Å²) < 4.78 is 5.99. The second kappa shape index (κ2) is 9.58. The SMILES string of the molecule is CC(=NNC(=O)c1nnn(-c2nonc2N)c1CSc1ccc(Cl)cc1)c1ccncc1. The van der Waals surface area contributed by atoms with Gasteiger partial charge in [-0.25, -0.2) is 10.1 Å². The number of halogens is 1. The predicted molar refractivity (Wildman–Crippen MR) is 119 cm³/mol. The molecule has 3 heterocycles. The summed E-state index contributed by atoms with van der Waals surface area (Å²) in [6, 6.07) is 10.9. The third-order valence-corrected chi connectivity index (χ3v) is 5.56. The van der Waals surface area contributed by atoms with Crippen molar-refractivity contribution in [2.75, 3.05) is 5.73 Å². The third kappa shape index (κ3) is 4.76. The summed E-state index contributed by atoms with van der Waals surface area (Å²) in [5.74, 6) is -0.0474. The molecule has 0 aliphatic carbocycles. The highest BCUT2D eigenvalue weighted by Crippen LogP contribution is 2.27. The van der Waals surface area contributed by atoms with Gasteiger partial charge in [0.25, 0.3) is 5.91 Å². The molecular formula is C19H16ClN9O2S. The molecule has 162 valence electrons. The molecule has 0 spiro atoms. The summed E-state index contributed by atoms with van der Waals surface area (Å²) in [5.41, 5.74) is 10.3. The number of nitrogens with zero attached hydrogens (tertiary/aromatic N) is 7. The van der Waals surface area contributed by atoms with E-state index in [-0.39, 0.29) is 17.3 Å². The van der Waals surface area contributed by atoms with Crippen LogP contribution in [0.1, 0.15) is 28.7 Å². The summed E-state index contributed by atoms with van der Waals surface area (Å²) in [6.07, 6.45) is 3.29. The third-order valence-electron chi connectivity index (χ3n) is 4.29. The van der Waals surface area contributed by atoms with Crippen molar-refractivity contribution in [1.29, 1.82) is 0 Å². The average molecular weight is 470 g/mol. The molecule has 32 heavy (non-hydrogen) atoms. The highest BCUT2D eigenvalue weighted by molar-refractivity contribution is 7.98. The van der Waals surface area contributed by atoms with Gasteiger partial charge in [0.15, 0.2) is 5.69 Å². The zero-order valence-corrected chi connectivity index (χ0v) is 18.2. The fraction of sp³-hybridized carbons (Fsp3) is 0.105. The molecule has 0 fully saturated rings. The van der Waals surface area contributed by atoms with Gasteiger partial charge in [0.2, 0.25) is 11.6 Å². The topological polar surface area (TPSA) is 150 Å². The maximum Gasteiger partial charge on any atom is 0.293 e. The van der Waals surface area contributed by atoms with E-state index in [1.54, 1.807) is 43.6 Å². The van der Waals surface area contributed by atoms with Gasteiger partial charge in [0.05, 0.1) is 11.4 Å². The number of hydrazone groups is 1. The minimum atomic E-state index is -0.536. The van der Waals surface area contributed by atoms with Gasteiger partial charge >= 0.3 is 0 Å². The number of pyridine rings is 1. The molecule has 0 atom stereocenters. The molecule has 4 aromatic rings. The van der Waals surface area contributed by atoms with Crippen LogP contribution in [0.15, 0.2) is 63.4 Å². The van der Waals surface area contributed by atoms with E-state index in [1.165, 1.54) is 16.4 Å². The highest BCUT2D eigenvalue weighted by atomic mass is 35.5. The number of nitrogens with one attached hydrogen (secondary N) is 1. The second-order valence-corrected chi connectivity index (χ2v) is 7.87. The molecular weight excluding hydrogens is 454 g/mol. The van der Waals surface area contributed by atoms with E-state index in [1.807, 2.05) is 12.1 Å². The van der Waals surface area contributed by atoms with Gasteiger partial charge in [-0.1, -0.05) is 16.8 Å². The fourth-order valence-corrected chi connectivity index (χ4v) is 3.66. The van der Waals surface area contributed by atoms with Gasteiger partial charge in [-0.2, -0.15) is 9.78 Å². The molecule has 0 radical (unpaired) electrons. The number of amides is 1. The Hall–Kier alpha value is -3.77. The number of hydrogen-bond donors (Lipinski definition) is 2. The van der Waals surface area contributed by atoms with E-state index >= 15 is 0 Å². The molecule has 3 aromatic heterocycles. The van der Waals surface area contributed by atoms with E-state index in [2.05, 4.69) is 40.8 Å². The summed E-state index contributed by atoms with van der Waals surface area (Å²) in [6.45, 7) is 1.77. The van der Waals surface area contributed by atoms with Crippen molar-refractivity contribution in [3.8, 4) is 5.82 Å². The van der Waals surface area contributed by atoms with Gasteiger partial charge in [-0.05, 0) is 53.6 Å². The summed E-state index contributed by atoms with van der Waals surface area (Å²) >= 11 is 7.41. The van der Waals surface area contributed by atoms with Crippen molar-refractivity contribution in [3.05, 3.63) is 70.8 Å². The lowest BCUT2D eigenvalue weighted by Gasteiger charge is -2.06. The molecule has 0 saturated carbocycles. The Morgan fingerprint density at radius 2 is 1.97 bits per heavy atom. The first-order valence-electron chi connectivity index (χ1n) is 9.19. The lowest BCUT2D eigenvalue weighted by Crippen LogP contribution is -2.21. The van der Waals surface area contributed by atoms with Gasteiger partial charge < -0.3 is 5.73 Å². The summed E-state index contributed by atoms with van der Waals surface area (Å²) in [5, 5.41) is 20.1. The molecule has 1 aromatic carbocycles. The fourth-order valence-electron chi connectivity index (χ4n) is 2.64. The number of carbonyl (C=O) groups excluding carboxylic acids is 1. The number of rotatable bonds is 7. The first kappa shape index (κ1) is 21.5. The lowest BCUT2D eigenvalue weighted by atomic mass is 10.2. The van der Waals surface area contributed by atoms with E-state index in [4.69, 9.17) is 17.3 Å². The largest absolute Gasteiger partial charge is 0.378 e. The highest BCUT2D eigenvalue weighted by Gasteiger charge is 2.24. The second-order valence-electron chi connectivity index (χ2n) is 6.39. The van der Waals surface area contributed by atoms with E-state index in [0.717, 1.165) is 10.5 Å². The Balaban J connectivity index is 1.60. The number of nitrogens with two attached hydrogens (primary N) is 1. The molecule has 0 aliphatic heterocycles. The number of nitrogen functional groups attached to an aromatic ring is 1. The summed E-state index contributed by atoms with van der Waals surface area (Å²) in [4.78, 5) is 17.8. The van der Waals surface area contributed by atoms with Crippen LogP contribution in [0.4, 0.5) is 5.82 Å². The van der Waals surface area contributed by atoms with Crippen LogP contribution in [0.2, 0.25) is 5.02 Å². The minimum Gasteiger partial charge on any atom is -0.378 e. The van der Waals surface area contributed by atoms with Crippen LogP contribution in [0.25, 0.3) is 5.82 Å². The van der Waals surface area contributed by atoms with Crippen molar-refractivity contribution in [3.63, 3.8) is 0 Å². The maximum absolute atomic E-state index is 12.9. The van der Waals surface area contributed by atoms with Crippen LogP contribution in [0, 0.1) is 0 Å². The molecule has 1 amide bonds. The Bertz CT molecular complexity index is 1260. The molecule has 13 heteroatoms. The number of thioether (sulfide) groups is 1. The molecule has 3 N–H and O–H groups in total. The molecule has 0 saturated heterocycles. The number of aromatic nitrogens is 6. The van der Waals surface area contributed by atoms with Gasteiger partial charge in [-0.15, -0.1) is 16.9 Å². The quantitative estimate of drug-likeness (QED) is 0.236. The van der Waals surface area contributed by atoms with Crippen LogP contribution >= 0.6 is 23.4 Å². The smallest absolute Gasteiger partial charge is 0.293 e. The molecule has 0 aliphatic rings. The molecule has 0 bridgehead atoms. The van der Waals surface area contributed by atoms with Gasteiger partial charge in [-0.3, -0.25) is 9.78 Å². The molecule has 11 nitrogen and oxygen atoms in total. The van der Waals surface area contributed by atoms with Crippen molar-refractivity contribution in [1.82, 2.24) is 35.7 Å². The predicted octanol–water partition coefficient (Wildman–Crippen LogP) is 2.73. The lowest BCUT2D eigenvalue weighted by molar-refractivity contribution is 0.0949. The maximum atomic E-state index is 12.9. The van der Waals surface area contributed by atoms with Crippen LogP contribution in [0.3, 0.4) is 0 Å². The van der Waals surface area contributed by atoms with E-state index < -0.39 is 5.91 Å². The molecule has 4 rings (SSSR count).